The number of rotatable bonds is 8. The zero-order chi connectivity index (χ0) is 17.0. The second kappa shape index (κ2) is 7.54. The minimum absolute atomic E-state index is 0.0647. The molecular formula is C13H19ClF2N2O3S. The van der Waals surface area contributed by atoms with Crippen LogP contribution in [0.4, 0.5) is 8.78 Å². The van der Waals surface area contributed by atoms with Gasteiger partial charge in [-0.1, -0.05) is 25.4 Å². The summed E-state index contributed by atoms with van der Waals surface area (Å²) in [6, 6.07) is 3.28. The Morgan fingerprint density at radius 2 is 1.95 bits per heavy atom. The molecule has 0 saturated heterocycles. The van der Waals surface area contributed by atoms with Gasteiger partial charge in [-0.15, -0.1) is 0 Å². The minimum Gasteiger partial charge on any atom is -0.433 e. The quantitative estimate of drug-likeness (QED) is 0.750. The molecule has 0 spiro atoms. The van der Waals surface area contributed by atoms with Crippen molar-refractivity contribution in [3.63, 3.8) is 0 Å². The summed E-state index contributed by atoms with van der Waals surface area (Å²) in [4.78, 5) is -0.145. The number of sulfonamides is 1. The zero-order valence-corrected chi connectivity index (χ0v) is 13.8. The van der Waals surface area contributed by atoms with E-state index in [-0.39, 0.29) is 22.2 Å². The molecular weight excluding hydrogens is 338 g/mol. The van der Waals surface area contributed by atoms with Gasteiger partial charge in [0.2, 0.25) is 10.0 Å². The van der Waals surface area contributed by atoms with Crippen molar-refractivity contribution in [2.24, 2.45) is 5.73 Å². The summed E-state index contributed by atoms with van der Waals surface area (Å²) in [5, 5.41) is -0.215. The van der Waals surface area contributed by atoms with Crippen LogP contribution in [0.25, 0.3) is 0 Å². The first-order valence-corrected chi connectivity index (χ1v) is 8.52. The molecule has 0 heterocycles. The van der Waals surface area contributed by atoms with Gasteiger partial charge in [0.25, 0.3) is 0 Å². The third kappa shape index (κ3) is 5.05. The molecule has 0 saturated carbocycles. The van der Waals surface area contributed by atoms with Crippen molar-refractivity contribution in [3.05, 3.63) is 23.2 Å². The summed E-state index contributed by atoms with van der Waals surface area (Å²) in [5.41, 5.74) is 5.39. The summed E-state index contributed by atoms with van der Waals surface area (Å²) < 4.78 is 55.2. The lowest BCUT2D eigenvalue weighted by Crippen LogP contribution is -2.49. The average Bonchev–Trinajstić information content (AvgIpc) is 2.46. The zero-order valence-electron chi connectivity index (χ0n) is 12.3. The second-order valence-corrected chi connectivity index (χ2v) is 7.04. The van der Waals surface area contributed by atoms with E-state index in [1.165, 1.54) is 0 Å². The molecule has 0 aliphatic carbocycles. The van der Waals surface area contributed by atoms with Gasteiger partial charge >= 0.3 is 6.61 Å². The van der Waals surface area contributed by atoms with Crippen LogP contribution in [0.5, 0.6) is 5.75 Å². The molecule has 0 radical (unpaired) electrons. The average molecular weight is 357 g/mol. The fraction of sp³-hybridized carbons (Fsp3) is 0.538. The van der Waals surface area contributed by atoms with Gasteiger partial charge in [-0.25, -0.2) is 13.1 Å². The third-order valence-electron chi connectivity index (χ3n) is 3.45. The lowest BCUT2D eigenvalue weighted by atomic mass is 9.95. The van der Waals surface area contributed by atoms with Crippen LogP contribution in [0, 0.1) is 0 Å². The highest BCUT2D eigenvalue weighted by molar-refractivity contribution is 7.89. The predicted octanol–water partition coefficient (Wildman–Crippen LogP) is 2.74. The van der Waals surface area contributed by atoms with Crippen molar-refractivity contribution >= 4 is 21.6 Å². The first kappa shape index (κ1) is 19.1. The van der Waals surface area contributed by atoms with E-state index < -0.39 is 22.2 Å². The maximum absolute atomic E-state index is 12.2. The molecule has 9 heteroatoms. The van der Waals surface area contributed by atoms with Gasteiger partial charge in [0.05, 0.1) is 9.92 Å². The number of ether oxygens (including phenoxy) is 1. The molecule has 0 fully saturated rings. The third-order valence-corrected chi connectivity index (χ3v) is 5.15. The largest absolute Gasteiger partial charge is 0.433 e. The fourth-order valence-electron chi connectivity index (χ4n) is 1.66. The van der Waals surface area contributed by atoms with Crippen molar-refractivity contribution in [2.75, 3.05) is 6.54 Å². The standard InChI is InChI=1S/C13H19ClF2N2O3S/c1-3-13(17,4-2)8-18-22(19,20)9-5-6-11(10(14)7-9)21-12(15)16/h5-7,12,18H,3-4,8,17H2,1-2H3. The Balaban J connectivity index is 2.92. The number of halogens is 3. The second-order valence-electron chi connectivity index (χ2n) is 4.86. The van der Waals surface area contributed by atoms with Crippen LogP contribution in [-0.2, 0) is 10.0 Å². The Morgan fingerprint density at radius 1 is 1.36 bits per heavy atom. The lowest BCUT2D eigenvalue weighted by molar-refractivity contribution is -0.0498. The first-order valence-electron chi connectivity index (χ1n) is 6.66. The molecule has 22 heavy (non-hydrogen) atoms. The van der Waals surface area contributed by atoms with Crippen molar-refractivity contribution in [3.8, 4) is 5.75 Å². The van der Waals surface area contributed by atoms with E-state index in [2.05, 4.69) is 9.46 Å². The number of benzene rings is 1. The molecule has 1 aromatic carbocycles. The molecule has 1 rings (SSSR count). The van der Waals surface area contributed by atoms with Crippen LogP contribution < -0.4 is 15.2 Å². The Morgan fingerprint density at radius 3 is 2.41 bits per heavy atom. The minimum atomic E-state index is -3.84. The lowest BCUT2D eigenvalue weighted by Gasteiger charge is -2.26. The number of nitrogens with one attached hydrogen (secondary N) is 1. The molecule has 0 bridgehead atoms. The molecule has 5 nitrogen and oxygen atoms in total. The number of hydrogen-bond donors (Lipinski definition) is 2. The van der Waals surface area contributed by atoms with E-state index >= 15 is 0 Å². The molecule has 1 aromatic rings. The molecule has 3 N–H and O–H groups in total. The fourth-order valence-corrected chi connectivity index (χ4v) is 3.12. The van der Waals surface area contributed by atoms with Crippen molar-refractivity contribution < 1.29 is 21.9 Å². The molecule has 0 aliphatic rings. The smallest absolute Gasteiger partial charge is 0.387 e. The highest BCUT2D eigenvalue weighted by atomic mass is 35.5. The van der Waals surface area contributed by atoms with Gasteiger partial charge in [-0.05, 0) is 31.0 Å². The molecule has 0 aliphatic heterocycles. The van der Waals surface area contributed by atoms with Crippen molar-refractivity contribution in [1.82, 2.24) is 4.72 Å². The van der Waals surface area contributed by atoms with Gasteiger partial charge in [0, 0.05) is 12.1 Å². The van der Waals surface area contributed by atoms with E-state index in [0.717, 1.165) is 18.2 Å². The normalized spacial score (nSPS) is 12.7. The Kier molecular flexibility index (Phi) is 6.54. The highest BCUT2D eigenvalue weighted by Crippen LogP contribution is 2.28. The first-order chi connectivity index (χ1) is 10.1. The number of hydrogen-bond acceptors (Lipinski definition) is 4. The van der Waals surface area contributed by atoms with Crippen LogP contribution in [-0.4, -0.2) is 27.1 Å². The van der Waals surface area contributed by atoms with Gasteiger partial charge in [0.1, 0.15) is 5.75 Å². The molecule has 0 atom stereocenters. The van der Waals surface area contributed by atoms with Crippen LogP contribution in [0.15, 0.2) is 23.1 Å². The topological polar surface area (TPSA) is 81.4 Å². The van der Waals surface area contributed by atoms with E-state index in [4.69, 9.17) is 17.3 Å². The Labute approximate surface area is 133 Å². The molecule has 0 aromatic heterocycles. The molecule has 0 unspecified atom stereocenters. The van der Waals surface area contributed by atoms with Gasteiger partial charge in [-0.2, -0.15) is 8.78 Å². The van der Waals surface area contributed by atoms with E-state index in [1.807, 2.05) is 13.8 Å². The van der Waals surface area contributed by atoms with E-state index in [0.29, 0.717) is 12.8 Å². The molecule has 0 amide bonds. The summed E-state index contributed by atoms with van der Waals surface area (Å²) in [7, 11) is -3.84. The highest BCUT2D eigenvalue weighted by Gasteiger charge is 2.24. The molecule has 126 valence electrons. The predicted molar refractivity (Wildman–Crippen MR) is 80.8 cm³/mol. The SMILES string of the molecule is CCC(N)(CC)CNS(=O)(=O)c1ccc(OC(F)F)c(Cl)c1. The summed E-state index contributed by atoms with van der Waals surface area (Å²) in [6.45, 7) is 0.760. The summed E-state index contributed by atoms with van der Waals surface area (Å²) in [5.74, 6) is -0.286. The van der Waals surface area contributed by atoms with Crippen LogP contribution in [0.1, 0.15) is 26.7 Å². The Bertz CT molecular complexity index is 607. The maximum atomic E-state index is 12.2. The van der Waals surface area contributed by atoms with Crippen LogP contribution in [0.2, 0.25) is 5.02 Å². The Hall–Kier alpha value is -0.960. The number of alkyl halides is 2. The summed E-state index contributed by atoms with van der Waals surface area (Å²) in [6.07, 6.45) is 1.21. The van der Waals surface area contributed by atoms with Crippen molar-refractivity contribution in [1.29, 1.82) is 0 Å². The van der Waals surface area contributed by atoms with Gasteiger partial charge in [0.15, 0.2) is 0 Å². The van der Waals surface area contributed by atoms with Gasteiger partial charge in [-0.3, -0.25) is 0 Å². The van der Waals surface area contributed by atoms with Crippen LogP contribution >= 0.6 is 11.6 Å². The van der Waals surface area contributed by atoms with Crippen LogP contribution in [0.3, 0.4) is 0 Å². The number of nitrogens with two attached hydrogens (primary N) is 1. The van der Waals surface area contributed by atoms with E-state index in [1.54, 1.807) is 0 Å². The van der Waals surface area contributed by atoms with Crippen molar-refractivity contribution in [2.45, 2.75) is 43.7 Å². The summed E-state index contributed by atoms with van der Waals surface area (Å²) >= 11 is 5.75. The van der Waals surface area contributed by atoms with E-state index in [9.17, 15) is 17.2 Å². The van der Waals surface area contributed by atoms with Gasteiger partial charge < -0.3 is 10.5 Å². The maximum Gasteiger partial charge on any atom is 0.387 e. The monoisotopic (exact) mass is 356 g/mol.